The maximum absolute atomic E-state index is 12.2. The minimum atomic E-state index is -1.37. The van der Waals surface area contributed by atoms with Crippen LogP contribution in [0.25, 0.3) is 0 Å². The smallest absolute Gasteiger partial charge is 0.309 e. The summed E-state index contributed by atoms with van der Waals surface area (Å²) in [6.45, 7) is 10.2. The van der Waals surface area contributed by atoms with Gasteiger partial charge in [0.05, 0.1) is 12.5 Å². The largest absolute Gasteiger partial charge is 0.457 e. The molecular weight excluding hydrogens is 336 g/mol. The highest BCUT2D eigenvalue weighted by Gasteiger charge is 2.34. The Labute approximate surface area is 155 Å². The third kappa shape index (κ3) is 6.77. The highest BCUT2D eigenvalue weighted by atomic mass is 16.6. The van der Waals surface area contributed by atoms with Crippen LogP contribution in [0, 0.1) is 5.92 Å². The lowest BCUT2D eigenvalue weighted by atomic mass is 9.89. The van der Waals surface area contributed by atoms with Crippen LogP contribution in [0.3, 0.4) is 0 Å². The monoisotopic (exact) mass is 366 g/mol. The fraction of sp³-hybridized carbons (Fsp3) is 0.600. The summed E-state index contributed by atoms with van der Waals surface area (Å²) < 4.78 is 10.8. The molecule has 1 aliphatic heterocycles. The van der Waals surface area contributed by atoms with Gasteiger partial charge in [-0.2, -0.15) is 0 Å². The lowest BCUT2D eigenvalue weighted by molar-refractivity contribution is -0.157. The minimum Gasteiger partial charge on any atom is -0.457 e. The van der Waals surface area contributed by atoms with Gasteiger partial charge in [0.25, 0.3) is 0 Å². The predicted molar refractivity (Wildman–Crippen MR) is 98.2 cm³/mol. The molecule has 0 aliphatic carbocycles. The Bertz CT molecular complexity index is 575. The molecule has 2 N–H and O–H groups in total. The van der Waals surface area contributed by atoms with Crippen molar-refractivity contribution in [3.63, 3.8) is 0 Å². The summed E-state index contributed by atoms with van der Waals surface area (Å²) in [4.78, 5) is 23.6. The zero-order chi connectivity index (χ0) is 19.9. The fourth-order valence-corrected chi connectivity index (χ4v) is 2.91. The second-order valence-corrected chi connectivity index (χ2v) is 7.08. The van der Waals surface area contributed by atoms with Crippen LogP contribution < -0.4 is 0 Å². The molecule has 0 spiro atoms. The van der Waals surface area contributed by atoms with Crippen LogP contribution in [0.1, 0.15) is 47.0 Å². The Kier molecular flexibility index (Phi) is 8.24. The lowest BCUT2D eigenvalue weighted by Crippen LogP contribution is -2.42. The number of carbonyl (C=O) groups is 2. The number of allylic oxidation sites excluding steroid dienone is 2. The molecule has 0 fully saturated rings. The first-order valence-corrected chi connectivity index (χ1v) is 8.81. The van der Waals surface area contributed by atoms with Crippen molar-refractivity contribution in [2.75, 3.05) is 0 Å². The molecule has 0 amide bonds. The molecule has 6 heteroatoms. The van der Waals surface area contributed by atoms with Gasteiger partial charge in [-0.3, -0.25) is 9.59 Å². The van der Waals surface area contributed by atoms with Crippen LogP contribution in [0.15, 0.2) is 36.5 Å². The number of aliphatic hydroxyl groups excluding tert-OH is 1. The summed E-state index contributed by atoms with van der Waals surface area (Å²) >= 11 is 0. The van der Waals surface area contributed by atoms with Crippen molar-refractivity contribution in [3.8, 4) is 0 Å². The van der Waals surface area contributed by atoms with Gasteiger partial charge in [0, 0.05) is 12.8 Å². The summed E-state index contributed by atoms with van der Waals surface area (Å²) in [6, 6.07) is 0. The van der Waals surface area contributed by atoms with E-state index in [9.17, 15) is 19.8 Å². The number of ether oxygens (including phenoxy) is 2. The number of aliphatic hydroxyl groups is 2. The molecule has 0 aromatic rings. The van der Waals surface area contributed by atoms with Crippen LogP contribution >= 0.6 is 0 Å². The van der Waals surface area contributed by atoms with Crippen molar-refractivity contribution in [2.24, 2.45) is 5.92 Å². The standard InChI is InChI=1S/C20H30O6/c1-6-7-13(2)19-14(3)8-9-17(25-15(4)21)20(5,24)11-10-16(22)12-18(23)26-19/h6-9,14,16-17,19,22,24H,1,10-12H2,2-5H3/b9-8-,13-7+/t14-,16+,17-,19+,20+/m0/s1. The number of rotatable bonds is 3. The molecule has 0 radical (unpaired) electrons. The zero-order valence-corrected chi connectivity index (χ0v) is 16.0. The van der Waals surface area contributed by atoms with E-state index in [1.54, 1.807) is 31.2 Å². The Balaban J connectivity index is 3.24. The van der Waals surface area contributed by atoms with E-state index in [-0.39, 0.29) is 25.2 Å². The number of esters is 2. The van der Waals surface area contributed by atoms with Crippen LogP contribution in [-0.2, 0) is 19.1 Å². The zero-order valence-electron chi connectivity index (χ0n) is 16.0. The van der Waals surface area contributed by atoms with Gasteiger partial charge < -0.3 is 19.7 Å². The Morgan fingerprint density at radius 1 is 1.42 bits per heavy atom. The van der Waals surface area contributed by atoms with Gasteiger partial charge in [-0.25, -0.2) is 0 Å². The van der Waals surface area contributed by atoms with Gasteiger partial charge in [0.15, 0.2) is 0 Å². The van der Waals surface area contributed by atoms with E-state index in [2.05, 4.69) is 6.58 Å². The van der Waals surface area contributed by atoms with Crippen molar-refractivity contribution in [1.82, 2.24) is 0 Å². The van der Waals surface area contributed by atoms with Gasteiger partial charge in [-0.15, -0.1) is 0 Å². The van der Waals surface area contributed by atoms with Gasteiger partial charge in [-0.1, -0.05) is 31.7 Å². The van der Waals surface area contributed by atoms with Crippen LogP contribution in [0.5, 0.6) is 0 Å². The Morgan fingerprint density at radius 2 is 2.08 bits per heavy atom. The summed E-state index contributed by atoms with van der Waals surface area (Å²) in [6.07, 6.45) is 4.55. The molecule has 0 saturated carbocycles. The van der Waals surface area contributed by atoms with Crippen molar-refractivity contribution < 1.29 is 29.3 Å². The highest BCUT2D eigenvalue weighted by molar-refractivity contribution is 5.70. The number of carbonyl (C=O) groups excluding carboxylic acids is 2. The second kappa shape index (κ2) is 9.69. The van der Waals surface area contributed by atoms with Crippen LogP contribution in [0.4, 0.5) is 0 Å². The molecule has 6 nitrogen and oxygen atoms in total. The molecule has 1 heterocycles. The molecule has 5 atom stereocenters. The average molecular weight is 366 g/mol. The Morgan fingerprint density at radius 3 is 2.65 bits per heavy atom. The minimum absolute atomic E-state index is 0.164. The SMILES string of the molecule is C=C/C=C(\C)[C@H]1OC(=O)C[C@H](O)CC[C@@](C)(O)[C@@H](OC(C)=O)/C=C\[C@@H]1C. The molecule has 0 aromatic carbocycles. The van der Waals surface area contributed by atoms with Crippen LogP contribution in [0.2, 0.25) is 0 Å². The Hall–Kier alpha value is -1.92. The fourth-order valence-electron chi connectivity index (χ4n) is 2.91. The maximum Gasteiger partial charge on any atom is 0.309 e. The van der Waals surface area contributed by atoms with E-state index >= 15 is 0 Å². The van der Waals surface area contributed by atoms with Gasteiger partial charge >= 0.3 is 11.9 Å². The maximum atomic E-state index is 12.2. The summed E-state index contributed by atoms with van der Waals surface area (Å²) in [5, 5.41) is 20.8. The number of hydrogen-bond donors (Lipinski definition) is 2. The normalized spacial score (nSPS) is 35.5. The van der Waals surface area contributed by atoms with Crippen molar-refractivity contribution >= 4 is 11.9 Å². The first-order chi connectivity index (χ1) is 12.1. The second-order valence-electron chi connectivity index (χ2n) is 7.08. The van der Waals surface area contributed by atoms with E-state index in [0.717, 1.165) is 5.57 Å². The molecule has 1 rings (SSSR count). The third-order valence-electron chi connectivity index (χ3n) is 4.45. The van der Waals surface area contributed by atoms with Crippen molar-refractivity contribution in [3.05, 3.63) is 36.5 Å². The molecule has 0 aromatic heterocycles. The topological polar surface area (TPSA) is 93.1 Å². The number of hydrogen-bond acceptors (Lipinski definition) is 6. The molecule has 0 saturated heterocycles. The first kappa shape index (κ1) is 22.1. The predicted octanol–water partition coefficient (Wildman–Crippen LogP) is 2.45. The van der Waals surface area contributed by atoms with E-state index in [1.807, 2.05) is 13.8 Å². The molecule has 146 valence electrons. The van der Waals surface area contributed by atoms with Gasteiger partial charge in [0.2, 0.25) is 0 Å². The molecule has 26 heavy (non-hydrogen) atoms. The van der Waals surface area contributed by atoms with Crippen molar-refractivity contribution in [1.29, 1.82) is 0 Å². The summed E-state index contributed by atoms with van der Waals surface area (Å²) in [7, 11) is 0. The van der Waals surface area contributed by atoms with E-state index < -0.39 is 35.9 Å². The summed E-state index contributed by atoms with van der Waals surface area (Å²) in [5.41, 5.74) is -0.569. The third-order valence-corrected chi connectivity index (χ3v) is 4.45. The van der Waals surface area contributed by atoms with E-state index in [1.165, 1.54) is 6.92 Å². The molecule has 1 aliphatic rings. The highest BCUT2D eigenvalue weighted by Crippen LogP contribution is 2.26. The van der Waals surface area contributed by atoms with Crippen LogP contribution in [-0.4, -0.2) is 46.1 Å². The molecular formula is C20H30O6. The van der Waals surface area contributed by atoms with E-state index in [4.69, 9.17) is 9.47 Å². The van der Waals surface area contributed by atoms with Gasteiger partial charge in [-0.05, 0) is 38.3 Å². The average Bonchev–Trinajstić information content (AvgIpc) is 2.53. The van der Waals surface area contributed by atoms with Gasteiger partial charge in [0.1, 0.15) is 17.8 Å². The van der Waals surface area contributed by atoms with E-state index in [0.29, 0.717) is 0 Å². The first-order valence-electron chi connectivity index (χ1n) is 8.81. The lowest BCUT2D eigenvalue weighted by Gasteiger charge is -2.32. The molecule has 0 unspecified atom stereocenters. The van der Waals surface area contributed by atoms with Crippen molar-refractivity contribution in [2.45, 2.75) is 70.9 Å². The number of cyclic esters (lactones) is 1. The molecule has 0 bridgehead atoms. The summed E-state index contributed by atoms with van der Waals surface area (Å²) in [5.74, 6) is -1.25. The quantitative estimate of drug-likeness (QED) is 0.453.